The number of rotatable bonds is 6. The maximum Gasteiger partial charge on any atom is 0.257 e. The molecule has 0 bridgehead atoms. The molecule has 5 heteroatoms. The van der Waals surface area contributed by atoms with Gasteiger partial charge in [-0.15, -0.1) is 0 Å². The Morgan fingerprint density at radius 1 is 1.56 bits per heavy atom. The highest BCUT2D eigenvalue weighted by molar-refractivity contribution is 9.10. The minimum atomic E-state index is -0.633. The normalized spacial score (nSPS) is 12.0. The van der Waals surface area contributed by atoms with Gasteiger partial charge < -0.3 is 15.2 Å². The Kier molecular flexibility index (Phi) is 6.15. The maximum atomic E-state index is 11.4. The van der Waals surface area contributed by atoms with Gasteiger partial charge in [0.15, 0.2) is 6.61 Å². The molecule has 0 heterocycles. The molecule has 1 aromatic carbocycles. The monoisotopic (exact) mass is 315 g/mol. The molecular formula is C13H18BrNO3. The van der Waals surface area contributed by atoms with Crippen molar-refractivity contribution >= 4 is 21.8 Å². The number of aliphatic hydroxyl groups is 1. The molecular weight excluding hydrogens is 298 g/mol. The van der Waals surface area contributed by atoms with E-state index in [-0.39, 0.29) is 12.5 Å². The molecule has 2 N–H and O–H groups in total. The molecule has 18 heavy (non-hydrogen) atoms. The third kappa shape index (κ3) is 4.66. The number of halogens is 1. The van der Waals surface area contributed by atoms with Crippen LogP contribution in [0.3, 0.4) is 0 Å². The molecule has 0 aliphatic heterocycles. The van der Waals surface area contributed by atoms with Crippen molar-refractivity contribution in [3.8, 4) is 5.75 Å². The Morgan fingerprint density at radius 3 is 2.89 bits per heavy atom. The summed E-state index contributed by atoms with van der Waals surface area (Å²) >= 11 is 3.33. The van der Waals surface area contributed by atoms with Crippen LogP contribution in [0.15, 0.2) is 22.7 Å². The van der Waals surface area contributed by atoms with E-state index in [0.717, 1.165) is 10.9 Å². The third-order valence-electron chi connectivity index (χ3n) is 2.36. The molecule has 0 aliphatic rings. The molecule has 1 atom stereocenters. The molecule has 4 nitrogen and oxygen atoms in total. The van der Waals surface area contributed by atoms with Crippen molar-refractivity contribution in [1.29, 1.82) is 0 Å². The third-order valence-corrected chi connectivity index (χ3v) is 2.85. The summed E-state index contributed by atoms with van der Waals surface area (Å²) in [7, 11) is 0. The number of nitrogens with one attached hydrogen (secondary N) is 1. The lowest BCUT2D eigenvalue weighted by Crippen LogP contribution is -2.29. The molecule has 0 radical (unpaired) electrons. The standard InChI is InChI=1S/C13H18BrNO3/c1-3-6-15-13(17)8-18-12-7-10(14)4-5-11(12)9(2)16/h4-5,7,9,16H,3,6,8H2,1-2H3,(H,15,17)/t9-/m0/s1. The van der Waals surface area contributed by atoms with Crippen LogP contribution in [-0.2, 0) is 4.79 Å². The van der Waals surface area contributed by atoms with Gasteiger partial charge in [-0.1, -0.05) is 28.9 Å². The lowest BCUT2D eigenvalue weighted by atomic mass is 10.1. The Balaban J connectivity index is 2.65. The zero-order chi connectivity index (χ0) is 13.5. The first-order valence-corrected chi connectivity index (χ1v) is 6.71. The van der Waals surface area contributed by atoms with E-state index in [1.165, 1.54) is 0 Å². The Labute approximate surface area is 115 Å². The lowest BCUT2D eigenvalue weighted by Gasteiger charge is -2.13. The molecule has 0 aliphatic carbocycles. The first kappa shape index (κ1) is 15.0. The van der Waals surface area contributed by atoms with E-state index in [9.17, 15) is 9.90 Å². The van der Waals surface area contributed by atoms with Gasteiger partial charge in [-0.2, -0.15) is 0 Å². The summed E-state index contributed by atoms with van der Waals surface area (Å²) in [5, 5.41) is 12.3. The Hall–Kier alpha value is -1.07. The van der Waals surface area contributed by atoms with Gasteiger partial charge in [-0.05, 0) is 25.5 Å². The van der Waals surface area contributed by atoms with E-state index >= 15 is 0 Å². The SMILES string of the molecule is CCCNC(=O)COc1cc(Br)ccc1[C@H](C)O. The van der Waals surface area contributed by atoms with Crippen molar-refractivity contribution in [2.24, 2.45) is 0 Å². The first-order chi connectivity index (χ1) is 8.54. The first-order valence-electron chi connectivity index (χ1n) is 5.91. The predicted molar refractivity (Wildman–Crippen MR) is 73.6 cm³/mol. The smallest absolute Gasteiger partial charge is 0.257 e. The highest BCUT2D eigenvalue weighted by Gasteiger charge is 2.11. The average molecular weight is 316 g/mol. The zero-order valence-corrected chi connectivity index (χ0v) is 12.2. The van der Waals surface area contributed by atoms with Gasteiger partial charge >= 0.3 is 0 Å². The lowest BCUT2D eigenvalue weighted by molar-refractivity contribution is -0.123. The summed E-state index contributed by atoms with van der Waals surface area (Å²) in [6, 6.07) is 5.34. The number of carbonyl (C=O) groups excluding carboxylic acids is 1. The van der Waals surface area contributed by atoms with Crippen molar-refractivity contribution < 1.29 is 14.6 Å². The number of amides is 1. The Morgan fingerprint density at radius 2 is 2.28 bits per heavy atom. The van der Waals surface area contributed by atoms with Crippen LogP contribution in [0, 0.1) is 0 Å². The summed E-state index contributed by atoms with van der Waals surface area (Å²) in [5.74, 6) is 0.361. The van der Waals surface area contributed by atoms with E-state index in [0.29, 0.717) is 17.9 Å². The Bertz CT molecular complexity index is 407. The molecule has 1 amide bonds. The number of hydrogen-bond donors (Lipinski definition) is 2. The fourth-order valence-corrected chi connectivity index (χ4v) is 1.78. The van der Waals surface area contributed by atoms with Gasteiger partial charge in [0.05, 0.1) is 6.10 Å². The minimum absolute atomic E-state index is 0.0455. The summed E-state index contributed by atoms with van der Waals surface area (Å²) in [6.07, 6.45) is 0.258. The molecule has 0 saturated carbocycles. The van der Waals surface area contributed by atoms with Crippen LogP contribution in [0.1, 0.15) is 31.9 Å². The summed E-state index contributed by atoms with van der Waals surface area (Å²) < 4.78 is 6.28. The van der Waals surface area contributed by atoms with Gasteiger partial charge in [-0.3, -0.25) is 4.79 Å². The van der Waals surface area contributed by atoms with Crippen LogP contribution in [-0.4, -0.2) is 24.2 Å². The topological polar surface area (TPSA) is 58.6 Å². The van der Waals surface area contributed by atoms with Crippen molar-refractivity contribution in [2.45, 2.75) is 26.4 Å². The van der Waals surface area contributed by atoms with E-state index in [4.69, 9.17) is 4.74 Å². The van der Waals surface area contributed by atoms with Gasteiger partial charge in [-0.25, -0.2) is 0 Å². The second-order valence-electron chi connectivity index (χ2n) is 4.00. The van der Waals surface area contributed by atoms with Gasteiger partial charge in [0, 0.05) is 16.6 Å². The molecule has 100 valence electrons. The fraction of sp³-hybridized carbons (Fsp3) is 0.462. The predicted octanol–water partition coefficient (Wildman–Crippen LogP) is 2.41. The molecule has 1 aromatic rings. The highest BCUT2D eigenvalue weighted by Crippen LogP contribution is 2.28. The van der Waals surface area contributed by atoms with E-state index in [2.05, 4.69) is 21.2 Å². The van der Waals surface area contributed by atoms with Gasteiger partial charge in [0.2, 0.25) is 0 Å². The molecule has 0 unspecified atom stereocenters. The van der Waals surface area contributed by atoms with E-state index in [1.54, 1.807) is 19.1 Å². The van der Waals surface area contributed by atoms with Crippen molar-refractivity contribution in [3.05, 3.63) is 28.2 Å². The van der Waals surface area contributed by atoms with Crippen molar-refractivity contribution in [2.75, 3.05) is 13.2 Å². The zero-order valence-electron chi connectivity index (χ0n) is 10.6. The van der Waals surface area contributed by atoms with Crippen LogP contribution in [0.5, 0.6) is 5.75 Å². The van der Waals surface area contributed by atoms with Crippen LogP contribution in [0.2, 0.25) is 0 Å². The second-order valence-corrected chi connectivity index (χ2v) is 4.91. The molecule has 0 spiro atoms. The fourth-order valence-electron chi connectivity index (χ4n) is 1.44. The highest BCUT2D eigenvalue weighted by atomic mass is 79.9. The van der Waals surface area contributed by atoms with E-state index in [1.807, 2.05) is 13.0 Å². The average Bonchev–Trinajstić information content (AvgIpc) is 2.33. The molecule has 0 saturated heterocycles. The summed E-state index contributed by atoms with van der Waals surface area (Å²) in [5.41, 5.74) is 0.668. The minimum Gasteiger partial charge on any atom is -0.483 e. The maximum absolute atomic E-state index is 11.4. The van der Waals surface area contributed by atoms with Gasteiger partial charge in [0.25, 0.3) is 5.91 Å². The molecule has 0 fully saturated rings. The number of hydrogen-bond acceptors (Lipinski definition) is 3. The van der Waals surface area contributed by atoms with Crippen LogP contribution < -0.4 is 10.1 Å². The van der Waals surface area contributed by atoms with Crippen LogP contribution in [0.25, 0.3) is 0 Å². The number of ether oxygens (including phenoxy) is 1. The van der Waals surface area contributed by atoms with Crippen LogP contribution >= 0.6 is 15.9 Å². The van der Waals surface area contributed by atoms with Crippen molar-refractivity contribution in [1.82, 2.24) is 5.32 Å². The number of benzene rings is 1. The number of carbonyl (C=O) groups is 1. The van der Waals surface area contributed by atoms with E-state index < -0.39 is 6.10 Å². The summed E-state index contributed by atoms with van der Waals surface area (Å²) in [6.45, 7) is 4.24. The summed E-state index contributed by atoms with van der Waals surface area (Å²) in [4.78, 5) is 11.4. The van der Waals surface area contributed by atoms with Crippen LogP contribution in [0.4, 0.5) is 0 Å². The second kappa shape index (κ2) is 7.38. The molecule has 1 rings (SSSR count). The quantitative estimate of drug-likeness (QED) is 0.847. The largest absolute Gasteiger partial charge is 0.483 e. The van der Waals surface area contributed by atoms with Crippen molar-refractivity contribution in [3.63, 3.8) is 0 Å². The molecule has 0 aromatic heterocycles. The number of aliphatic hydroxyl groups excluding tert-OH is 1. The van der Waals surface area contributed by atoms with Gasteiger partial charge in [0.1, 0.15) is 5.75 Å².